The lowest BCUT2D eigenvalue weighted by atomic mass is 9.77. The second-order valence-corrected chi connectivity index (χ2v) is 8.74. The Morgan fingerprint density at radius 2 is 1.77 bits per heavy atom. The number of nitriles is 1. The van der Waals surface area contributed by atoms with E-state index in [0.29, 0.717) is 12.2 Å². The average Bonchev–Trinajstić information content (AvgIpc) is 2.79. The average molecular weight is 423 g/mol. The van der Waals surface area contributed by atoms with Crippen molar-refractivity contribution in [3.63, 3.8) is 0 Å². The van der Waals surface area contributed by atoms with Gasteiger partial charge in [-0.05, 0) is 86.8 Å². The van der Waals surface area contributed by atoms with E-state index in [1.807, 2.05) is 30.3 Å². The first kappa shape index (κ1) is 23.4. The first-order valence-electron chi connectivity index (χ1n) is 11.7. The third-order valence-corrected chi connectivity index (χ3v) is 6.41. The van der Waals surface area contributed by atoms with Crippen LogP contribution in [0.25, 0.3) is 0 Å². The maximum atomic E-state index is 13.6. The SMILES string of the molecule is CCCCCCCN(C)CCCC1(c2ccc(F)cc2)OCCc2cc(C#N)ccc21. The minimum atomic E-state index is -0.586. The van der Waals surface area contributed by atoms with Gasteiger partial charge in [0.15, 0.2) is 0 Å². The molecule has 0 aliphatic carbocycles. The summed E-state index contributed by atoms with van der Waals surface area (Å²) in [6.07, 6.45) is 9.09. The molecule has 4 heteroatoms. The standard InChI is InChI=1S/C27H35FN2O/c1-3-4-5-6-7-17-30(2)18-8-16-27(24-10-12-25(28)13-11-24)26-14-9-22(21-29)20-23(26)15-19-31-27/h9-14,20H,3-8,15-19H2,1-2H3. The monoisotopic (exact) mass is 422 g/mol. The molecule has 1 heterocycles. The molecule has 3 rings (SSSR count). The molecule has 166 valence electrons. The zero-order chi connectivity index (χ0) is 22.1. The molecule has 2 aromatic carbocycles. The van der Waals surface area contributed by atoms with E-state index in [-0.39, 0.29) is 5.82 Å². The molecule has 31 heavy (non-hydrogen) atoms. The summed E-state index contributed by atoms with van der Waals surface area (Å²) in [4.78, 5) is 2.41. The number of hydrogen-bond donors (Lipinski definition) is 0. The quantitative estimate of drug-likeness (QED) is 0.405. The van der Waals surface area contributed by atoms with Crippen LogP contribution in [-0.2, 0) is 16.8 Å². The van der Waals surface area contributed by atoms with E-state index in [1.165, 1.54) is 49.8 Å². The maximum absolute atomic E-state index is 13.6. The molecule has 0 fully saturated rings. The van der Waals surface area contributed by atoms with Crippen LogP contribution in [0.1, 0.15) is 74.1 Å². The molecule has 0 saturated heterocycles. The molecule has 0 saturated carbocycles. The predicted molar refractivity (Wildman–Crippen MR) is 123 cm³/mol. The van der Waals surface area contributed by atoms with Crippen LogP contribution in [0, 0.1) is 17.1 Å². The van der Waals surface area contributed by atoms with Gasteiger partial charge >= 0.3 is 0 Å². The predicted octanol–water partition coefficient (Wildman–Crippen LogP) is 6.20. The van der Waals surface area contributed by atoms with Crippen LogP contribution in [0.4, 0.5) is 4.39 Å². The fraction of sp³-hybridized carbons (Fsp3) is 0.519. The second kappa shape index (κ2) is 11.4. The molecule has 0 N–H and O–H groups in total. The Balaban J connectivity index is 1.74. The Kier molecular flexibility index (Phi) is 8.63. The number of ether oxygens (including phenoxy) is 1. The van der Waals surface area contributed by atoms with Crippen molar-refractivity contribution in [2.24, 2.45) is 0 Å². The summed E-state index contributed by atoms with van der Waals surface area (Å²) < 4.78 is 20.1. The third-order valence-electron chi connectivity index (χ3n) is 6.41. The number of halogens is 1. The van der Waals surface area contributed by atoms with Crippen molar-refractivity contribution in [2.75, 3.05) is 26.7 Å². The van der Waals surface area contributed by atoms with E-state index in [2.05, 4.69) is 24.9 Å². The van der Waals surface area contributed by atoms with Gasteiger partial charge in [-0.25, -0.2) is 4.39 Å². The summed E-state index contributed by atoms with van der Waals surface area (Å²) in [6, 6.07) is 14.9. The third kappa shape index (κ3) is 5.93. The normalized spacial score (nSPS) is 18.0. The molecular weight excluding hydrogens is 387 g/mol. The molecule has 3 nitrogen and oxygen atoms in total. The Labute approximate surface area is 186 Å². The fourth-order valence-electron chi connectivity index (χ4n) is 4.68. The van der Waals surface area contributed by atoms with Gasteiger partial charge in [-0.15, -0.1) is 0 Å². The first-order chi connectivity index (χ1) is 15.1. The highest BCUT2D eigenvalue weighted by atomic mass is 19.1. The minimum absolute atomic E-state index is 0.238. The molecule has 0 spiro atoms. The number of nitrogens with zero attached hydrogens (tertiary/aromatic N) is 2. The van der Waals surface area contributed by atoms with Crippen LogP contribution in [0.2, 0.25) is 0 Å². The van der Waals surface area contributed by atoms with Crippen LogP contribution >= 0.6 is 0 Å². The van der Waals surface area contributed by atoms with Crippen molar-refractivity contribution in [1.82, 2.24) is 4.90 Å². The number of fused-ring (bicyclic) bond motifs is 1. The zero-order valence-electron chi connectivity index (χ0n) is 19.0. The van der Waals surface area contributed by atoms with E-state index >= 15 is 0 Å². The van der Waals surface area contributed by atoms with Crippen molar-refractivity contribution >= 4 is 0 Å². The van der Waals surface area contributed by atoms with E-state index in [9.17, 15) is 9.65 Å². The van der Waals surface area contributed by atoms with E-state index in [4.69, 9.17) is 4.74 Å². The molecule has 1 aliphatic heterocycles. The van der Waals surface area contributed by atoms with E-state index in [1.54, 1.807) is 0 Å². The van der Waals surface area contributed by atoms with Gasteiger partial charge in [0.1, 0.15) is 11.4 Å². The maximum Gasteiger partial charge on any atom is 0.123 e. The lowest BCUT2D eigenvalue weighted by Gasteiger charge is -2.40. The van der Waals surface area contributed by atoms with Crippen molar-refractivity contribution in [3.05, 3.63) is 70.5 Å². The number of benzene rings is 2. The number of unbranched alkanes of at least 4 members (excludes halogenated alkanes) is 4. The Morgan fingerprint density at radius 1 is 1.03 bits per heavy atom. The molecule has 1 atom stereocenters. The Hall–Kier alpha value is -2.22. The summed E-state index contributed by atoms with van der Waals surface area (Å²) >= 11 is 0. The highest BCUT2D eigenvalue weighted by Crippen LogP contribution is 2.43. The Morgan fingerprint density at radius 3 is 2.52 bits per heavy atom. The van der Waals surface area contributed by atoms with E-state index < -0.39 is 5.60 Å². The highest BCUT2D eigenvalue weighted by Gasteiger charge is 2.39. The minimum Gasteiger partial charge on any atom is -0.365 e. The zero-order valence-corrected chi connectivity index (χ0v) is 19.0. The Bertz CT molecular complexity index is 874. The number of rotatable bonds is 11. The summed E-state index contributed by atoms with van der Waals surface area (Å²) in [7, 11) is 2.19. The van der Waals surface area contributed by atoms with Gasteiger partial charge in [-0.2, -0.15) is 5.26 Å². The topological polar surface area (TPSA) is 36.3 Å². The van der Waals surface area contributed by atoms with Crippen LogP contribution in [0.5, 0.6) is 0 Å². The van der Waals surface area contributed by atoms with E-state index in [0.717, 1.165) is 43.5 Å². The summed E-state index contributed by atoms with van der Waals surface area (Å²) in [6.45, 7) is 4.98. The van der Waals surface area contributed by atoms with Gasteiger partial charge in [-0.3, -0.25) is 0 Å². The van der Waals surface area contributed by atoms with Gasteiger partial charge in [-0.1, -0.05) is 50.8 Å². The molecule has 0 amide bonds. The lowest BCUT2D eigenvalue weighted by Crippen LogP contribution is -2.37. The van der Waals surface area contributed by atoms with Crippen molar-refractivity contribution in [2.45, 2.75) is 63.9 Å². The van der Waals surface area contributed by atoms with Crippen LogP contribution in [-0.4, -0.2) is 31.6 Å². The summed E-state index contributed by atoms with van der Waals surface area (Å²) in [5.41, 5.74) is 3.36. The molecule has 0 radical (unpaired) electrons. The molecule has 0 bridgehead atoms. The number of hydrogen-bond acceptors (Lipinski definition) is 3. The van der Waals surface area contributed by atoms with Gasteiger partial charge in [0.2, 0.25) is 0 Å². The first-order valence-corrected chi connectivity index (χ1v) is 11.7. The van der Waals surface area contributed by atoms with Crippen molar-refractivity contribution < 1.29 is 9.13 Å². The van der Waals surface area contributed by atoms with Crippen LogP contribution < -0.4 is 0 Å². The van der Waals surface area contributed by atoms with Crippen LogP contribution in [0.3, 0.4) is 0 Å². The van der Waals surface area contributed by atoms with Gasteiger partial charge in [0.25, 0.3) is 0 Å². The fourth-order valence-corrected chi connectivity index (χ4v) is 4.68. The van der Waals surface area contributed by atoms with Gasteiger partial charge in [0, 0.05) is 0 Å². The van der Waals surface area contributed by atoms with Gasteiger partial charge < -0.3 is 9.64 Å². The smallest absolute Gasteiger partial charge is 0.123 e. The highest BCUT2D eigenvalue weighted by molar-refractivity contribution is 5.47. The van der Waals surface area contributed by atoms with Crippen molar-refractivity contribution in [1.29, 1.82) is 5.26 Å². The van der Waals surface area contributed by atoms with Gasteiger partial charge in [0.05, 0.1) is 18.2 Å². The molecular formula is C27H35FN2O. The second-order valence-electron chi connectivity index (χ2n) is 8.74. The molecule has 2 aromatic rings. The molecule has 0 aromatic heterocycles. The van der Waals surface area contributed by atoms with Crippen LogP contribution in [0.15, 0.2) is 42.5 Å². The largest absolute Gasteiger partial charge is 0.365 e. The molecule has 1 unspecified atom stereocenters. The lowest BCUT2D eigenvalue weighted by molar-refractivity contribution is -0.0369. The summed E-state index contributed by atoms with van der Waals surface area (Å²) in [5, 5.41) is 9.31. The van der Waals surface area contributed by atoms with Crippen molar-refractivity contribution in [3.8, 4) is 6.07 Å². The summed E-state index contributed by atoms with van der Waals surface area (Å²) in [5.74, 6) is -0.238. The molecule has 1 aliphatic rings.